The topological polar surface area (TPSA) is 21.3 Å². The zero-order valence-corrected chi connectivity index (χ0v) is 13.0. The molecule has 1 aromatic rings. The standard InChI is InChI=1S/C16H23ClFNO/c1-3-9-19-15(16(2)8-4-5-10-20-16)13-11-12(18)6-7-14(13)17/h6-7,11,15,19H,3-5,8-10H2,1-2H3. The van der Waals surface area contributed by atoms with Gasteiger partial charge in [0, 0.05) is 11.6 Å². The van der Waals surface area contributed by atoms with Gasteiger partial charge < -0.3 is 10.1 Å². The molecule has 20 heavy (non-hydrogen) atoms. The Labute approximate surface area is 125 Å². The quantitative estimate of drug-likeness (QED) is 0.865. The Bertz CT molecular complexity index is 446. The highest BCUT2D eigenvalue weighted by Crippen LogP contribution is 2.39. The highest BCUT2D eigenvalue weighted by atomic mass is 35.5. The van der Waals surface area contributed by atoms with E-state index in [0.29, 0.717) is 5.02 Å². The zero-order valence-electron chi connectivity index (χ0n) is 12.2. The average molecular weight is 300 g/mol. The number of ether oxygens (including phenoxy) is 1. The summed E-state index contributed by atoms with van der Waals surface area (Å²) in [5, 5.41) is 4.08. The van der Waals surface area contributed by atoms with Gasteiger partial charge in [-0.15, -0.1) is 0 Å². The number of benzene rings is 1. The fourth-order valence-corrected chi connectivity index (χ4v) is 3.09. The molecule has 2 unspecified atom stereocenters. The molecular formula is C16H23ClFNO. The summed E-state index contributed by atoms with van der Waals surface area (Å²) >= 11 is 6.29. The first-order valence-electron chi connectivity index (χ1n) is 7.39. The van der Waals surface area contributed by atoms with Crippen LogP contribution in [0.15, 0.2) is 18.2 Å². The Morgan fingerprint density at radius 2 is 2.25 bits per heavy atom. The minimum Gasteiger partial charge on any atom is -0.373 e. The van der Waals surface area contributed by atoms with Crippen LogP contribution in [0.25, 0.3) is 0 Å². The summed E-state index contributed by atoms with van der Waals surface area (Å²) in [6.45, 7) is 5.83. The van der Waals surface area contributed by atoms with Crippen LogP contribution >= 0.6 is 11.6 Å². The lowest BCUT2D eigenvalue weighted by molar-refractivity contribution is -0.0897. The van der Waals surface area contributed by atoms with Crippen LogP contribution < -0.4 is 5.32 Å². The van der Waals surface area contributed by atoms with Gasteiger partial charge in [0.15, 0.2) is 0 Å². The number of rotatable bonds is 5. The molecule has 0 amide bonds. The van der Waals surface area contributed by atoms with Crippen molar-refractivity contribution in [3.05, 3.63) is 34.6 Å². The van der Waals surface area contributed by atoms with Crippen LogP contribution in [0.1, 0.15) is 51.1 Å². The van der Waals surface area contributed by atoms with Crippen molar-refractivity contribution >= 4 is 11.6 Å². The molecular weight excluding hydrogens is 277 g/mol. The van der Waals surface area contributed by atoms with E-state index in [9.17, 15) is 4.39 Å². The van der Waals surface area contributed by atoms with E-state index < -0.39 is 0 Å². The number of hydrogen-bond acceptors (Lipinski definition) is 2. The zero-order chi connectivity index (χ0) is 14.6. The van der Waals surface area contributed by atoms with E-state index in [0.717, 1.165) is 44.4 Å². The van der Waals surface area contributed by atoms with Crippen molar-refractivity contribution in [2.24, 2.45) is 0 Å². The monoisotopic (exact) mass is 299 g/mol. The van der Waals surface area contributed by atoms with Gasteiger partial charge in [-0.2, -0.15) is 0 Å². The molecule has 1 saturated heterocycles. The minimum atomic E-state index is -0.329. The van der Waals surface area contributed by atoms with Gasteiger partial charge in [-0.3, -0.25) is 0 Å². The lowest BCUT2D eigenvalue weighted by atomic mass is 9.84. The predicted octanol–water partition coefficient (Wildman–Crippen LogP) is 4.48. The highest BCUT2D eigenvalue weighted by molar-refractivity contribution is 6.31. The summed E-state index contributed by atoms with van der Waals surface area (Å²) in [6, 6.07) is 4.47. The molecule has 0 aliphatic carbocycles. The molecule has 1 aliphatic heterocycles. The van der Waals surface area contributed by atoms with Gasteiger partial charge >= 0.3 is 0 Å². The second kappa shape index (κ2) is 6.88. The van der Waals surface area contributed by atoms with Crippen molar-refractivity contribution in [3.63, 3.8) is 0 Å². The third-order valence-corrected chi connectivity index (χ3v) is 4.32. The van der Waals surface area contributed by atoms with Crippen LogP contribution in [-0.2, 0) is 4.74 Å². The second-order valence-electron chi connectivity index (χ2n) is 5.67. The Morgan fingerprint density at radius 1 is 1.45 bits per heavy atom. The lowest BCUT2D eigenvalue weighted by Crippen LogP contribution is -2.46. The van der Waals surface area contributed by atoms with E-state index in [-0.39, 0.29) is 17.5 Å². The van der Waals surface area contributed by atoms with Crippen molar-refractivity contribution in [1.29, 1.82) is 0 Å². The Balaban J connectivity index is 2.33. The van der Waals surface area contributed by atoms with Crippen LogP contribution in [-0.4, -0.2) is 18.8 Å². The lowest BCUT2D eigenvalue weighted by Gasteiger charge is -2.41. The second-order valence-corrected chi connectivity index (χ2v) is 6.08. The van der Waals surface area contributed by atoms with Gasteiger partial charge in [-0.25, -0.2) is 4.39 Å². The van der Waals surface area contributed by atoms with E-state index in [1.54, 1.807) is 6.07 Å². The number of nitrogens with one attached hydrogen (secondary N) is 1. The molecule has 112 valence electrons. The van der Waals surface area contributed by atoms with Gasteiger partial charge in [0.25, 0.3) is 0 Å². The SMILES string of the molecule is CCCNC(c1cc(F)ccc1Cl)C1(C)CCCCO1. The van der Waals surface area contributed by atoms with Crippen molar-refractivity contribution in [1.82, 2.24) is 5.32 Å². The number of hydrogen-bond donors (Lipinski definition) is 1. The van der Waals surface area contributed by atoms with Gasteiger partial charge in [0.1, 0.15) is 5.82 Å². The minimum absolute atomic E-state index is 0.0778. The maximum absolute atomic E-state index is 13.6. The van der Waals surface area contributed by atoms with Crippen molar-refractivity contribution in [2.45, 2.75) is 51.2 Å². The summed E-state index contributed by atoms with van der Waals surface area (Å²) in [6.07, 6.45) is 4.20. The molecule has 1 heterocycles. The van der Waals surface area contributed by atoms with Crippen molar-refractivity contribution < 1.29 is 9.13 Å². The normalized spacial score (nSPS) is 24.6. The molecule has 1 N–H and O–H groups in total. The van der Waals surface area contributed by atoms with Crippen LogP contribution in [0.4, 0.5) is 4.39 Å². The third-order valence-electron chi connectivity index (χ3n) is 3.98. The first kappa shape index (κ1) is 15.7. The molecule has 1 aromatic carbocycles. The van der Waals surface area contributed by atoms with Gasteiger partial charge in [-0.1, -0.05) is 18.5 Å². The van der Waals surface area contributed by atoms with Gasteiger partial charge in [-0.05, 0) is 62.9 Å². The van der Waals surface area contributed by atoms with Crippen LogP contribution in [0, 0.1) is 5.82 Å². The maximum Gasteiger partial charge on any atom is 0.123 e. The fraction of sp³-hybridized carbons (Fsp3) is 0.625. The molecule has 4 heteroatoms. The molecule has 1 aliphatic rings. The van der Waals surface area contributed by atoms with E-state index in [1.165, 1.54) is 12.1 Å². The highest BCUT2D eigenvalue weighted by Gasteiger charge is 2.38. The molecule has 0 spiro atoms. The van der Waals surface area contributed by atoms with E-state index in [1.807, 2.05) is 0 Å². The molecule has 2 nitrogen and oxygen atoms in total. The third kappa shape index (κ3) is 3.51. The molecule has 2 atom stereocenters. The summed E-state index contributed by atoms with van der Waals surface area (Å²) in [4.78, 5) is 0. The van der Waals surface area contributed by atoms with Crippen molar-refractivity contribution in [2.75, 3.05) is 13.2 Å². The smallest absolute Gasteiger partial charge is 0.123 e. The molecule has 0 radical (unpaired) electrons. The van der Waals surface area contributed by atoms with Gasteiger partial charge in [0.2, 0.25) is 0 Å². The van der Waals surface area contributed by atoms with Crippen LogP contribution in [0.2, 0.25) is 5.02 Å². The van der Waals surface area contributed by atoms with E-state index in [2.05, 4.69) is 19.2 Å². The Hall–Kier alpha value is -0.640. The molecule has 0 saturated carbocycles. The molecule has 2 rings (SSSR count). The summed E-state index contributed by atoms with van der Waals surface area (Å²) < 4.78 is 19.6. The summed E-state index contributed by atoms with van der Waals surface area (Å²) in [7, 11) is 0. The molecule has 0 bridgehead atoms. The van der Waals surface area contributed by atoms with Crippen LogP contribution in [0.5, 0.6) is 0 Å². The predicted molar refractivity (Wildman–Crippen MR) is 80.7 cm³/mol. The summed E-state index contributed by atoms with van der Waals surface area (Å²) in [5.74, 6) is -0.257. The van der Waals surface area contributed by atoms with Crippen LogP contribution in [0.3, 0.4) is 0 Å². The molecule has 0 aromatic heterocycles. The van der Waals surface area contributed by atoms with Crippen molar-refractivity contribution in [3.8, 4) is 0 Å². The Kier molecular flexibility index (Phi) is 5.42. The van der Waals surface area contributed by atoms with E-state index >= 15 is 0 Å². The maximum atomic E-state index is 13.6. The van der Waals surface area contributed by atoms with Gasteiger partial charge in [0.05, 0.1) is 11.6 Å². The first-order valence-corrected chi connectivity index (χ1v) is 7.77. The largest absolute Gasteiger partial charge is 0.373 e. The average Bonchev–Trinajstić information content (AvgIpc) is 2.43. The summed E-state index contributed by atoms with van der Waals surface area (Å²) in [5.41, 5.74) is 0.467. The first-order chi connectivity index (χ1) is 9.57. The number of halogens is 2. The van der Waals surface area contributed by atoms with E-state index in [4.69, 9.17) is 16.3 Å². The molecule has 1 fully saturated rings. The fourth-order valence-electron chi connectivity index (χ4n) is 2.86. The Morgan fingerprint density at radius 3 is 2.90 bits per heavy atom.